The first-order valence-electron chi connectivity index (χ1n) is 8.95. The highest BCUT2D eigenvalue weighted by Gasteiger charge is 2.38. The summed E-state index contributed by atoms with van der Waals surface area (Å²) in [4.78, 5) is 29.4. The number of oxazole rings is 1. The Morgan fingerprint density at radius 3 is 2.38 bits per heavy atom. The van der Waals surface area contributed by atoms with Gasteiger partial charge >= 0.3 is 12.1 Å². The number of carbonyl (C=O) groups excluding carboxylic acids is 2. The molecule has 3 rings (SSSR count). The van der Waals surface area contributed by atoms with Crippen LogP contribution in [-0.2, 0) is 19.5 Å². The molecule has 2 aromatic rings. The van der Waals surface area contributed by atoms with Crippen molar-refractivity contribution in [1.82, 2.24) is 14.2 Å². The molecule has 1 aromatic heterocycles. The summed E-state index contributed by atoms with van der Waals surface area (Å²) in [5.74, 6) is -0.922. The number of carbonyl (C=O) groups is 2. The number of methoxy groups -OCH3 is 1. The third kappa shape index (κ3) is 4.25. The highest BCUT2D eigenvalue weighted by Crippen LogP contribution is 2.28. The maximum atomic E-state index is 13.1. The molecular formula is C18H21N3O7S. The van der Waals surface area contributed by atoms with Gasteiger partial charge in [-0.15, -0.1) is 0 Å². The molecule has 1 fully saturated rings. The number of rotatable bonds is 5. The van der Waals surface area contributed by atoms with E-state index in [4.69, 9.17) is 9.15 Å². The van der Waals surface area contributed by atoms with Crippen LogP contribution in [0, 0.1) is 0 Å². The van der Waals surface area contributed by atoms with Crippen molar-refractivity contribution >= 4 is 22.1 Å². The minimum Gasteiger partial charge on any atom is -0.464 e. The van der Waals surface area contributed by atoms with Gasteiger partial charge in [-0.25, -0.2) is 23.0 Å². The third-order valence-electron chi connectivity index (χ3n) is 4.33. The summed E-state index contributed by atoms with van der Waals surface area (Å²) >= 11 is 0. The van der Waals surface area contributed by atoms with Gasteiger partial charge in [-0.2, -0.15) is 4.31 Å². The lowest BCUT2D eigenvalue weighted by molar-refractivity contribution is 0.0587. The molecule has 0 bridgehead atoms. The Morgan fingerprint density at radius 2 is 1.79 bits per heavy atom. The van der Waals surface area contributed by atoms with Gasteiger partial charge in [0, 0.05) is 31.7 Å². The summed E-state index contributed by atoms with van der Waals surface area (Å²) in [7, 11) is -3.04. The van der Waals surface area contributed by atoms with Gasteiger partial charge in [0.05, 0.1) is 13.7 Å². The van der Waals surface area contributed by atoms with Crippen molar-refractivity contribution in [2.45, 2.75) is 12.0 Å². The van der Waals surface area contributed by atoms with Gasteiger partial charge in [-0.1, -0.05) is 18.2 Å². The molecule has 1 aromatic carbocycles. The second-order valence-corrected chi connectivity index (χ2v) is 7.94. The van der Waals surface area contributed by atoms with Gasteiger partial charge in [0.25, 0.3) is 15.1 Å². The first kappa shape index (κ1) is 20.8. The monoisotopic (exact) mass is 423 g/mol. The molecular weight excluding hydrogens is 402 g/mol. The van der Waals surface area contributed by atoms with Crippen molar-refractivity contribution in [3.8, 4) is 11.5 Å². The average Bonchev–Trinajstić information content (AvgIpc) is 3.20. The van der Waals surface area contributed by atoms with Gasteiger partial charge in [-0.05, 0) is 19.1 Å². The third-order valence-corrected chi connectivity index (χ3v) is 6.12. The zero-order valence-corrected chi connectivity index (χ0v) is 16.8. The lowest BCUT2D eigenvalue weighted by atomic mass is 10.2. The number of piperazine rings is 1. The zero-order valence-electron chi connectivity index (χ0n) is 16.0. The van der Waals surface area contributed by atoms with Crippen LogP contribution < -0.4 is 0 Å². The van der Waals surface area contributed by atoms with Crippen molar-refractivity contribution in [2.24, 2.45) is 0 Å². The molecule has 1 saturated heterocycles. The van der Waals surface area contributed by atoms with Gasteiger partial charge < -0.3 is 18.8 Å². The van der Waals surface area contributed by atoms with Crippen LogP contribution in [0.25, 0.3) is 11.5 Å². The highest BCUT2D eigenvalue weighted by atomic mass is 32.2. The molecule has 0 spiro atoms. The maximum absolute atomic E-state index is 13.1. The zero-order chi connectivity index (χ0) is 21.0. The molecule has 0 saturated carbocycles. The van der Waals surface area contributed by atoms with Crippen molar-refractivity contribution in [1.29, 1.82) is 0 Å². The summed E-state index contributed by atoms with van der Waals surface area (Å²) in [6.45, 7) is 2.31. The van der Waals surface area contributed by atoms with Crippen molar-refractivity contribution in [3.05, 3.63) is 36.0 Å². The molecule has 1 aliphatic rings. The number of nitrogens with zero attached hydrogens (tertiary/aromatic N) is 3. The number of hydrogen-bond acceptors (Lipinski definition) is 8. The Kier molecular flexibility index (Phi) is 6.18. The number of sulfonamides is 1. The Labute approximate surface area is 168 Å². The number of esters is 1. The van der Waals surface area contributed by atoms with E-state index in [0.29, 0.717) is 5.56 Å². The van der Waals surface area contributed by atoms with Crippen molar-refractivity contribution in [3.63, 3.8) is 0 Å². The second-order valence-electron chi connectivity index (χ2n) is 6.10. The summed E-state index contributed by atoms with van der Waals surface area (Å²) in [6.07, 6.45) is -0.495. The Morgan fingerprint density at radius 1 is 1.14 bits per heavy atom. The minimum absolute atomic E-state index is 0.00488. The summed E-state index contributed by atoms with van der Waals surface area (Å²) in [6, 6.07) is 8.62. The molecule has 29 heavy (non-hydrogen) atoms. The minimum atomic E-state index is -4.17. The van der Waals surface area contributed by atoms with E-state index >= 15 is 0 Å². The fraction of sp³-hybridized carbons (Fsp3) is 0.389. The highest BCUT2D eigenvalue weighted by molar-refractivity contribution is 7.89. The lowest BCUT2D eigenvalue weighted by Crippen LogP contribution is -2.50. The van der Waals surface area contributed by atoms with Crippen LogP contribution in [0.2, 0.25) is 0 Å². The smallest absolute Gasteiger partial charge is 0.409 e. The Bertz CT molecular complexity index is 980. The van der Waals surface area contributed by atoms with E-state index in [-0.39, 0.29) is 38.7 Å². The predicted molar refractivity (Wildman–Crippen MR) is 101 cm³/mol. The van der Waals surface area contributed by atoms with E-state index in [9.17, 15) is 18.0 Å². The van der Waals surface area contributed by atoms with Crippen LogP contribution >= 0.6 is 0 Å². The molecule has 2 heterocycles. The van der Waals surface area contributed by atoms with Crippen molar-refractivity contribution < 1.29 is 31.9 Å². The molecule has 0 aliphatic carbocycles. The molecule has 0 radical (unpaired) electrons. The van der Waals surface area contributed by atoms with E-state index in [2.05, 4.69) is 9.72 Å². The normalized spacial score (nSPS) is 15.2. The molecule has 0 atom stereocenters. The summed E-state index contributed by atoms with van der Waals surface area (Å²) in [5.41, 5.74) is 0.102. The van der Waals surface area contributed by atoms with E-state index in [0.717, 1.165) is 11.4 Å². The first-order chi connectivity index (χ1) is 13.9. The van der Waals surface area contributed by atoms with Crippen LogP contribution in [0.5, 0.6) is 0 Å². The number of aromatic nitrogens is 1. The van der Waals surface area contributed by atoms with E-state index in [1.807, 2.05) is 0 Å². The fourth-order valence-corrected chi connectivity index (χ4v) is 4.29. The maximum Gasteiger partial charge on any atom is 0.409 e. The first-order valence-corrected chi connectivity index (χ1v) is 10.4. The topological polar surface area (TPSA) is 119 Å². The van der Waals surface area contributed by atoms with Gasteiger partial charge in [0.15, 0.2) is 0 Å². The lowest BCUT2D eigenvalue weighted by Gasteiger charge is -2.32. The second kappa shape index (κ2) is 8.62. The predicted octanol–water partition coefficient (Wildman–Crippen LogP) is 1.59. The Balaban J connectivity index is 1.89. The van der Waals surface area contributed by atoms with E-state index in [1.165, 1.54) is 4.90 Å². The number of hydrogen-bond donors (Lipinski definition) is 0. The van der Waals surface area contributed by atoms with E-state index < -0.39 is 32.9 Å². The van der Waals surface area contributed by atoms with Gasteiger partial charge in [0.2, 0.25) is 11.6 Å². The molecule has 1 aliphatic heterocycles. The SMILES string of the molecule is CCOC(=O)N1CCN(S(=O)(=O)c2oc(-c3ccccc3)nc2C(=O)OC)CC1. The fourth-order valence-electron chi connectivity index (χ4n) is 2.85. The molecule has 0 unspecified atom stereocenters. The molecule has 10 nitrogen and oxygen atoms in total. The molecule has 0 N–H and O–H groups in total. The summed E-state index contributed by atoms with van der Waals surface area (Å²) < 4.78 is 42.5. The number of amides is 1. The largest absolute Gasteiger partial charge is 0.464 e. The molecule has 11 heteroatoms. The van der Waals surface area contributed by atoms with Crippen molar-refractivity contribution in [2.75, 3.05) is 39.9 Å². The van der Waals surface area contributed by atoms with Crippen LogP contribution in [0.3, 0.4) is 0 Å². The molecule has 1 amide bonds. The number of benzene rings is 1. The Hall–Kier alpha value is -2.92. The van der Waals surface area contributed by atoms with Crippen LogP contribution in [0.15, 0.2) is 39.8 Å². The van der Waals surface area contributed by atoms with Crippen LogP contribution in [-0.4, -0.2) is 74.6 Å². The van der Waals surface area contributed by atoms with Gasteiger partial charge in [0.1, 0.15) is 0 Å². The van der Waals surface area contributed by atoms with Crippen LogP contribution in [0.4, 0.5) is 4.79 Å². The van der Waals surface area contributed by atoms with Crippen LogP contribution in [0.1, 0.15) is 17.4 Å². The summed E-state index contributed by atoms with van der Waals surface area (Å²) in [5, 5.41) is -0.576. The van der Waals surface area contributed by atoms with Gasteiger partial charge in [-0.3, -0.25) is 0 Å². The average molecular weight is 423 g/mol. The molecule has 156 valence electrons. The number of ether oxygens (including phenoxy) is 2. The quantitative estimate of drug-likeness (QED) is 0.665. The van der Waals surface area contributed by atoms with E-state index in [1.54, 1.807) is 37.3 Å². The standard InChI is InChI=1S/C18H21N3O7S/c1-3-27-18(23)20-9-11-21(12-10-20)29(24,25)17-14(16(22)26-2)19-15(28-17)13-7-5-4-6-8-13/h4-8H,3,9-12H2,1-2H3.